The van der Waals surface area contributed by atoms with Crippen molar-refractivity contribution in [3.05, 3.63) is 40.0 Å². The number of aryl methyl sites for hydroxylation is 2. The Kier molecular flexibility index (Phi) is 8.70. The van der Waals surface area contributed by atoms with Crippen LogP contribution in [0.1, 0.15) is 35.7 Å². The first kappa shape index (κ1) is 20.8. The molecule has 2 rings (SSSR count). The molecule has 2 aromatic rings. The Bertz CT molecular complexity index is 741. The quantitative estimate of drug-likeness (QED) is 0.454. The lowest BCUT2D eigenvalue weighted by atomic mass is 10.3. The minimum absolute atomic E-state index is 0.0791. The number of carbonyl (C=O) groups excluding carboxylic acids is 1. The molecule has 0 saturated carbocycles. The van der Waals surface area contributed by atoms with Crippen molar-refractivity contribution in [1.82, 2.24) is 20.6 Å². The van der Waals surface area contributed by atoms with E-state index in [0.29, 0.717) is 31.3 Å². The predicted molar refractivity (Wildman–Crippen MR) is 111 cm³/mol. The maximum absolute atomic E-state index is 12.0. The van der Waals surface area contributed by atoms with Crippen LogP contribution >= 0.6 is 11.3 Å². The molecular formula is C19H28N6OS. The van der Waals surface area contributed by atoms with Crippen LogP contribution in [0.4, 0.5) is 5.82 Å². The number of pyridine rings is 1. The maximum atomic E-state index is 12.0. The average Bonchev–Trinajstić information content (AvgIpc) is 3.11. The number of carbonyl (C=O) groups is 1. The molecule has 0 saturated heterocycles. The zero-order valence-electron chi connectivity index (χ0n) is 16.2. The van der Waals surface area contributed by atoms with Crippen LogP contribution in [0.15, 0.2) is 29.5 Å². The second-order valence-corrected chi connectivity index (χ2v) is 7.23. The lowest BCUT2D eigenvalue weighted by Gasteiger charge is -2.11. The van der Waals surface area contributed by atoms with Gasteiger partial charge in [0.2, 0.25) is 5.91 Å². The molecule has 0 aliphatic rings. The van der Waals surface area contributed by atoms with Gasteiger partial charge in [-0.3, -0.25) is 9.79 Å². The van der Waals surface area contributed by atoms with Crippen LogP contribution in [0.2, 0.25) is 0 Å². The van der Waals surface area contributed by atoms with Gasteiger partial charge in [-0.05, 0) is 31.9 Å². The summed E-state index contributed by atoms with van der Waals surface area (Å²) in [4.78, 5) is 26.4. The summed E-state index contributed by atoms with van der Waals surface area (Å²) < 4.78 is 0. The lowest BCUT2D eigenvalue weighted by molar-refractivity contribution is -0.116. The standard InChI is InChI=1S/C19H28N6OS/c1-4-15-13-24-18(27-15)9-11-22-19(20-5-2)21-10-8-17(26)25-16-7-6-14(3)12-23-16/h6-7,12-13H,4-5,8-11H2,1-3H3,(H2,20,21,22)(H,23,25,26). The van der Waals surface area contributed by atoms with Gasteiger partial charge in [-0.1, -0.05) is 13.0 Å². The highest BCUT2D eigenvalue weighted by atomic mass is 32.1. The van der Waals surface area contributed by atoms with Crippen molar-refractivity contribution in [3.63, 3.8) is 0 Å². The van der Waals surface area contributed by atoms with Crippen molar-refractivity contribution < 1.29 is 4.79 Å². The van der Waals surface area contributed by atoms with Gasteiger partial charge < -0.3 is 16.0 Å². The van der Waals surface area contributed by atoms with Crippen LogP contribution in [-0.4, -0.2) is 41.5 Å². The Morgan fingerprint density at radius 2 is 2.04 bits per heavy atom. The second-order valence-electron chi connectivity index (χ2n) is 6.03. The monoisotopic (exact) mass is 388 g/mol. The minimum atomic E-state index is -0.0791. The second kappa shape index (κ2) is 11.3. The largest absolute Gasteiger partial charge is 0.357 e. The number of rotatable bonds is 9. The number of amides is 1. The van der Waals surface area contributed by atoms with Crippen LogP contribution in [0.5, 0.6) is 0 Å². The van der Waals surface area contributed by atoms with Crippen molar-refractivity contribution in [2.75, 3.05) is 25.0 Å². The zero-order valence-corrected chi connectivity index (χ0v) is 17.0. The highest BCUT2D eigenvalue weighted by molar-refractivity contribution is 7.11. The molecule has 7 nitrogen and oxygen atoms in total. The van der Waals surface area contributed by atoms with Crippen LogP contribution in [-0.2, 0) is 17.6 Å². The first-order chi connectivity index (χ1) is 13.1. The summed E-state index contributed by atoms with van der Waals surface area (Å²) in [6, 6.07) is 3.72. The Balaban J connectivity index is 1.74. The molecule has 0 bridgehead atoms. The summed E-state index contributed by atoms with van der Waals surface area (Å²) in [7, 11) is 0. The number of guanidine groups is 1. The first-order valence-corrected chi connectivity index (χ1v) is 10.1. The van der Waals surface area contributed by atoms with E-state index < -0.39 is 0 Å². The Morgan fingerprint density at radius 1 is 1.19 bits per heavy atom. The highest BCUT2D eigenvalue weighted by Crippen LogP contribution is 2.13. The smallest absolute Gasteiger partial charge is 0.227 e. The third kappa shape index (κ3) is 7.74. The fraction of sp³-hybridized carbons (Fsp3) is 0.474. The molecule has 2 aromatic heterocycles. The lowest BCUT2D eigenvalue weighted by Crippen LogP contribution is -2.38. The molecule has 0 fully saturated rings. The van der Waals surface area contributed by atoms with E-state index in [1.807, 2.05) is 26.1 Å². The van der Waals surface area contributed by atoms with Gasteiger partial charge in [-0.15, -0.1) is 11.3 Å². The number of thiazole rings is 1. The van der Waals surface area contributed by atoms with Crippen LogP contribution < -0.4 is 16.0 Å². The van der Waals surface area contributed by atoms with E-state index in [2.05, 4.69) is 37.8 Å². The Labute approximate surface area is 164 Å². The molecule has 0 unspecified atom stereocenters. The third-order valence-corrected chi connectivity index (χ3v) is 4.91. The normalized spacial score (nSPS) is 11.3. The summed E-state index contributed by atoms with van der Waals surface area (Å²) in [5, 5.41) is 10.3. The molecule has 146 valence electrons. The van der Waals surface area contributed by atoms with E-state index in [-0.39, 0.29) is 5.91 Å². The first-order valence-electron chi connectivity index (χ1n) is 9.29. The molecule has 0 atom stereocenters. The van der Waals surface area contributed by atoms with Gasteiger partial charge in [0.15, 0.2) is 5.96 Å². The summed E-state index contributed by atoms with van der Waals surface area (Å²) >= 11 is 1.74. The molecule has 0 aliphatic heterocycles. The Hall–Kier alpha value is -2.48. The molecule has 3 N–H and O–H groups in total. The number of hydrogen-bond donors (Lipinski definition) is 3. The van der Waals surface area contributed by atoms with E-state index >= 15 is 0 Å². The number of nitrogens with one attached hydrogen (secondary N) is 3. The molecule has 0 radical (unpaired) electrons. The van der Waals surface area contributed by atoms with E-state index in [0.717, 1.165) is 30.0 Å². The fourth-order valence-corrected chi connectivity index (χ4v) is 3.12. The number of anilines is 1. The van der Waals surface area contributed by atoms with Crippen molar-refractivity contribution >= 4 is 29.0 Å². The van der Waals surface area contributed by atoms with E-state index in [9.17, 15) is 4.79 Å². The average molecular weight is 389 g/mol. The molecule has 0 aromatic carbocycles. The van der Waals surface area contributed by atoms with E-state index in [4.69, 9.17) is 0 Å². The van der Waals surface area contributed by atoms with Crippen LogP contribution in [0.3, 0.4) is 0 Å². The van der Waals surface area contributed by atoms with E-state index in [1.165, 1.54) is 4.88 Å². The number of nitrogens with zero attached hydrogens (tertiary/aromatic N) is 3. The van der Waals surface area contributed by atoms with Gasteiger partial charge in [0.25, 0.3) is 0 Å². The topological polar surface area (TPSA) is 91.3 Å². The highest BCUT2D eigenvalue weighted by Gasteiger charge is 2.05. The molecular weight excluding hydrogens is 360 g/mol. The van der Waals surface area contributed by atoms with Gasteiger partial charge >= 0.3 is 0 Å². The van der Waals surface area contributed by atoms with Gasteiger partial charge in [0.1, 0.15) is 5.82 Å². The number of aliphatic imine (C=N–C) groups is 1. The van der Waals surface area contributed by atoms with Gasteiger partial charge in [-0.25, -0.2) is 9.97 Å². The molecule has 0 aliphatic carbocycles. The Morgan fingerprint density at radius 3 is 2.70 bits per heavy atom. The molecule has 8 heteroatoms. The van der Waals surface area contributed by atoms with Crippen molar-refractivity contribution in [2.24, 2.45) is 4.99 Å². The van der Waals surface area contributed by atoms with Crippen LogP contribution in [0.25, 0.3) is 0 Å². The molecule has 0 spiro atoms. The summed E-state index contributed by atoms with van der Waals surface area (Å²) in [6.45, 7) is 8.03. The summed E-state index contributed by atoms with van der Waals surface area (Å²) in [6.07, 6.45) is 5.85. The van der Waals surface area contributed by atoms with Crippen molar-refractivity contribution in [1.29, 1.82) is 0 Å². The molecule has 2 heterocycles. The maximum Gasteiger partial charge on any atom is 0.227 e. The zero-order chi connectivity index (χ0) is 19.5. The fourth-order valence-electron chi connectivity index (χ4n) is 2.27. The third-order valence-electron chi connectivity index (χ3n) is 3.71. The van der Waals surface area contributed by atoms with Crippen LogP contribution in [0, 0.1) is 6.92 Å². The number of aromatic nitrogens is 2. The predicted octanol–water partition coefficient (Wildman–Crippen LogP) is 2.54. The summed E-state index contributed by atoms with van der Waals surface area (Å²) in [5.41, 5.74) is 1.06. The van der Waals surface area contributed by atoms with Gasteiger partial charge in [0.05, 0.1) is 5.01 Å². The van der Waals surface area contributed by atoms with Gasteiger partial charge in [-0.2, -0.15) is 0 Å². The SMILES string of the molecule is CCNC(=NCCc1ncc(CC)s1)NCCC(=O)Nc1ccc(C)cn1. The van der Waals surface area contributed by atoms with Gasteiger partial charge in [0, 0.05) is 49.7 Å². The van der Waals surface area contributed by atoms with Crippen molar-refractivity contribution in [2.45, 2.75) is 40.0 Å². The number of hydrogen-bond acceptors (Lipinski definition) is 5. The molecule has 1 amide bonds. The molecule has 27 heavy (non-hydrogen) atoms. The van der Waals surface area contributed by atoms with Crippen molar-refractivity contribution in [3.8, 4) is 0 Å². The van der Waals surface area contributed by atoms with E-state index in [1.54, 1.807) is 23.6 Å². The minimum Gasteiger partial charge on any atom is -0.357 e. The summed E-state index contributed by atoms with van der Waals surface area (Å²) in [5.74, 6) is 1.21.